The number of amides is 2. The fraction of sp³-hybridized carbons (Fsp3) is 0.231. The third-order valence-electron chi connectivity index (χ3n) is 3.32. The molecule has 2 aromatic rings. The van der Waals surface area contributed by atoms with E-state index in [4.69, 9.17) is 0 Å². The third-order valence-corrected chi connectivity index (χ3v) is 3.98. The maximum absolute atomic E-state index is 11.9. The van der Waals surface area contributed by atoms with Crippen LogP contribution in [0.4, 0.5) is 0 Å². The molecular weight excluding hydrogens is 296 g/mol. The van der Waals surface area contributed by atoms with E-state index in [0.29, 0.717) is 12.8 Å². The number of imide groups is 1. The number of H-pyrrole nitrogens is 1. The minimum Gasteiger partial charge on any atom is -0.360 e. The van der Waals surface area contributed by atoms with Crippen molar-refractivity contribution in [1.82, 2.24) is 10.3 Å². The van der Waals surface area contributed by atoms with E-state index < -0.39 is 0 Å². The molecule has 2 N–H and O–H groups in total. The standard InChI is InChI=1S/C13H11BrN2O2/c14-10-3-1-7(8-5-6-15-12(8)10)9-2-4-11(17)16-13(9)18/h1,3,5-6,9,15H,2,4H2,(H,16,17,18). The number of carbonyl (C=O) groups is 2. The Morgan fingerprint density at radius 2 is 2.06 bits per heavy atom. The largest absolute Gasteiger partial charge is 0.360 e. The van der Waals surface area contributed by atoms with Crippen LogP contribution in [0.2, 0.25) is 0 Å². The maximum Gasteiger partial charge on any atom is 0.234 e. The molecule has 2 amide bonds. The maximum atomic E-state index is 11.9. The van der Waals surface area contributed by atoms with Gasteiger partial charge in [0.05, 0.1) is 11.4 Å². The van der Waals surface area contributed by atoms with Crippen LogP contribution in [0.15, 0.2) is 28.9 Å². The molecule has 0 radical (unpaired) electrons. The van der Waals surface area contributed by atoms with Crippen molar-refractivity contribution >= 4 is 38.6 Å². The highest BCUT2D eigenvalue weighted by molar-refractivity contribution is 9.10. The van der Waals surface area contributed by atoms with E-state index in [0.717, 1.165) is 20.9 Å². The monoisotopic (exact) mass is 306 g/mol. The lowest BCUT2D eigenvalue weighted by Gasteiger charge is -2.21. The molecular formula is C13H11BrN2O2. The number of benzene rings is 1. The summed E-state index contributed by atoms with van der Waals surface area (Å²) < 4.78 is 0.971. The summed E-state index contributed by atoms with van der Waals surface area (Å²) >= 11 is 3.47. The van der Waals surface area contributed by atoms with Gasteiger partial charge in [-0.3, -0.25) is 14.9 Å². The summed E-state index contributed by atoms with van der Waals surface area (Å²) in [6.07, 6.45) is 2.83. The number of aromatic amines is 1. The van der Waals surface area contributed by atoms with Crippen LogP contribution in [0.5, 0.6) is 0 Å². The van der Waals surface area contributed by atoms with Gasteiger partial charge in [0.15, 0.2) is 0 Å². The van der Waals surface area contributed by atoms with Crippen LogP contribution in [0.1, 0.15) is 24.3 Å². The van der Waals surface area contributed by atoms with E-state index in [1.54, 1.807) is 0 Å². The Morgan fingerprint density at radius 1 is 1.22 bits per heavy atom. The van der Waals surface area contributed by atoms with Crippen LogP contribution >= 0.6 is 15.9 Å². The second-order valence-corrected chi connectivity index (χ2v) is 5.26. The predicted molar refractivity (Wildman–Crippen MR) is 71.1 cm³/mol. The summed E-state index contributed by atoms with van der Waals surface area (Å²) in [6.45, 7) is 0. The average molecular weight is 307 g/mol. The second kappa shape index (κ2) is 4.24. The first-order chi connectivity index (χ1) is 8.66. The number of carbonyl (C=O) groups excluding carboxylic acids is 2. The van der Waals surface area contributed by atoms with Crippen LogP contribution in [-0.4, -0.2) is 16.8 Å². The summed E-state index contributed by atoms with van der Waals surface area (Å²) in [7, 11) is 0. The van der Waals surface area contributed by atoms with Crippen molar-refractivity contribution in [2.24, 2.45) is 0 Å². The molecule has 1 saturated heterocycles. The van der Waals surface area contributed by atoms with Gasteiger partial charge >= 0.3 is 0 Å². The van der Waals surface area contributed by atoms with Gasteiger partial charge in [0, 0.05) is 22.5 Å². The predicted octanol–water partition coefficient (Wildman–Crippen LogP) is 2.45. The molecule has 1 aromatic heterocycles. The number of hydrogen-bond donors (Lipinski definition) is 2. The number of aromatic nitrogens is 1. The Balaban J connectivity index is 2.09. The van der Waals surface area contributed by atoms with Gasteiger partial charge in [-0.25, -0.2) is 0 Å². The molecule has 4 nitrogen and oxygen atoms in total. The summed E-state index contributed by atoms with van der Waals surface area (Å²) in [5, 5.41) is 3.43. The summed E-state index contributed by atoms with van der Waals surface area (Å²) in [5.41, 5.74) is 1.96. The van der Waals surface area contributed by atoms with Crippen LogP contribution in [-0.2, 0) is 9.59 Å². The molecule has 18 heavy (non-hydrogen) atoms. The van der Waals surface area contributed by atoms with Gasteiger partial charge in [-0.15, -0.1) is 0 Å². The second-order valence-electron chi connectivity index (χ2n) is 4.41. The van der Waals surface area contributed by atoms with Gasteiger partial charge in [-0.1, -0.05) is 6.07 Å². The number of halogens is 1. The summed E-state index contributed by atoms with van der Waals surface area (Å²) in [4.78, 5) is 26.2. The minimum atomic E-state index is -0.242. The highest BCUT2D eigenvalue weighted by atomic mass is 79.9. The highest BCUT2D eigenvalue weighted by Gasteiger charge is 2.29. The van der Waals surface area contributed by atoms with Crippen molar-refractivity contribution < 1.29 is 9.59 Å². The molecule has 0 bridgehead atoms. The van der Waals surface area contributed by atoms with Crippen LogP contribution in [0.3, 0.4) is 0 Å². The Kier molecular flexibility index (Phi) is 2.70. The Labute approximate surface area is 112 Å². The SMILES string of the molecule is O=C1CCC(c2ccc(Br)c3[nH]ccc23)C(=O)N1. The topological polar surface area (TPSA) is 62.0 Å². The van der Waals surface area contributed by atoms with Gasteiger partial charge in [0.2, 0.25) is 11.8 Å². The van der Waals surface area contributed by atoms with Crippen molar-refractivity contribution in [1.29, 1.82) is 0 Å². The number of nitrogens with one attached hydrogen (secondary N) is 2. The van der Waals surface area contributed by atoms with E-state index in [1.807, 2.05) is 24.4 Å². The van der Waals surface area contributed by atoms with Gasteiger partial charge in [-0.05, 0) is 40.0 Å². The van der Waals surface area contributed by atoms with E-state index in [1.165, 1.54) is 0 Å². The number of piperidine rings is 1. The fourth-order valence-corrected chi connectivity index (χ4v) is 2.90. The molecule has 1 atom stereocenters. The van der Waals surface area contributed by atoms with Crippen molar-refractivity contribution in [2.45, 2.75) is 18.8 Å². The quantitative estimate of drug-likeness (QED) is 0.795. The Hall–Kier alpha value is -1.62. The third kappa shape index (κ3) is 1.75. The van der Waals surface area contributed by atoms with E-state index >= 15 is 0 Å². The molecule has 1 aliphatic rings. The van der Waals surface area contributed by atoms with Crippen molar-refractivity contribution in [2.75, 3.05) is 0 Å². The zero-order chi connectivity index (χ0) is 12.7. The first-order valence-corrected chi connectivity index (χ1v) is 6.55. The van der Waals surface area contributed by atoms with Gasteiger partial charge in [0.1, 0.15) is 0 Å². The number of hydrogen-bond acceptors (Lipinski definition) is 2. The fourth-order valence-electron chi connectivity index (χ4n) is 2.44. The van der Waals surface area contributed by atoms with Crippen LogP contribution in [0, 0.1) is 0 Å². The zero-order valence-electron chi connectivity index (χ0n) is 9.50. The Morgan fingerprint density at radius 3 is 2.83 bits per heavy atom. The molecule has 0 spiro atoms. The van der Waals surface area contributed by atoms with Crippen molar-refractivity contribution in [3.8, 4) is 0 Å². The smallest absolute Gasteiger partial charge is 0.234 e. The lowest BCUT2D eigenvalue weighted by molar-refractivity contribution is -0.134. The molecule has 92 valence electrons. The molecule has 1 fully saturated rings. The molecule has 5 heteroatoms. The zero-order valence-corrected chi connectivity index (χ0v) is 11.1. The van der Waals surface area contributed by atoms with Crippen molar-refractivity contribution in [3.63, 3.8) is 0 Å². The molecule has 3 rings (SSSR count). The number of rotatable bonds is 1. The normalized spacial score (nSPS) is 20.2. The van der Waals surface area contributed by atoms with E-state index in [9.17, 15) is 9.59 Å². The molecule has 2 heterocycles. The van der Waals surface area contributed by atoms with Gasteiger partial charge in [-0.2, -0.15) is 0 Å². The van der Waals surface area contributed by atoms with E-state index in [2.05, 4.69) is 26.2 Å². The van der Waals surface area contributed by atoms with E-state index in [-0.39, 0.29) is 17.7 Å². The van der Waals surface area contributed by atoms with Crippen LogP contribution < -0.4 is 5.32 Å². The lowest BCUT2D eigenvalue weighted by Crippen LogP contribution is -2.39. The molecule has 1 aromatic carbocycles. The molecule has 1 aliphatic heterocycles. The van der Waals surface area contributed by atoms with Gasteiger partial charge in [0.25, 0.3) is 0 Å². The number of fused-ring (bicyclic) bond motifs is 1. The molecule has 0 saturated carbocycles. The van der Waals surface area contributed by atoms with Crippen LogP contribution in [0.25, 0.3) is 10.9 Å². The average Bonchev–Trinajstić information content (AvgIpc) is 2.81. The highest BCUT2D eigenvalue weighted by Crippen LogP contribution is 2.33. The minimum absolute atomic E-state index is 0.182. The van der Waals surface area contributed by atoms with Gasteiger partial charge < -0.3 is 4.98 Å². The Bertz CT molecular complexity index is 647. The molecule has 1 unspecified atom stereocenters. The summed E-state index contributed by atoms with van der Waals surface area (Å²) in [6, 6.07) is 5.83. The molecule has 0 aliphatic carbocycles. The van der Waals surface area contributed by atoms with Crippen molar-refractivity contribution in [3.05, 3.63) is 34.4 Å². The first-order valence-electron chi connectivity index (χ1n) is 5.76. The first kappa shape index (κ1) is 11.5. The lowest BCUT2D eigenvalue weighted by atomic mass is 9.88. The summed E-state index contributed by atoms with van der Waals surface area (Å²) in [5.74, 6) is -0.621.